The Labute approximate surface area is 162 Å². The largest absolute Gasteiger partial charge is 0.494 e. The van der Waals surface area contributed by atoms with Crippen LogP contribution in [0.4, 0.5) is 10.5 Å². The first-order chi connectivity index (χ1) is 13.5. The first-order valence-electron chi connectivity index (χ1n) is 8.67. The van der Waals surface area contributed by atoms with Crippen LogP contribution in [0.15, 0.2) is 41.0 Å². The van der Waals surface area contributed by atoms with Gasteiger partial charge >= 0.3 is 6.03 Å². The fraction of sp³-hybridized carbons (Fsp3) is 0.333. The van der Waals surface area contributed by atoms with Crippen LogP contribution >= 0.6 is 0 Å². The maximum atomic E-state index is 12.4. The van der Waals surface area contributed by atoms with E-state index in [1.54, 1.807) is 43.2 Å². The standard InChI is InChI=1S/C18H23N7O3/c1-12-21-22-23-25(12)14-10-13(7-8-16(14)27-4)20-18(26)19-11-15(24(2)3)17-6-5-9-28-17/h5-10,15H,11H2,1-4H3,(H2,19,20,26). The molecule has 0 bridgehead atoms. The van der Waals surface area contributed by atoms with Crippen LogP contribution < -0.4 is 15.4 Å². The molecule has 2 aromatic heterocycles. The first-order valence-corrected chi connectivity index (χ1v) is 8.67. The Morgan fingerprint density at radius 1 is 1.36 bits per heavy atom. The molecule has 0 aliphatic carbocycles. The van der Waals surface area contributed by atoms with E-state index in [0.717, 1.165) is 5.76 Å². The van der Waals surface area contributed by atoms with Crippen LogP contribution in [0.5, 0.6) is 5.75 Å². The molecule has 10 nitrogen and oxygen atoms in total. The van der Waals surface area contributed by atoms with E-state index in [1.165, 1.54) is 0 Å². The smallest absolute Gasteiger partial charge is 0.319 e. The molecule has 0 spiro atoms. The van der Waals surface area contributed by atoms with Crippen molar-refractivity contribution in [1.29, 1.82) is 0 Å². The number of nitrogens with zero attached hydrogens (tertiary/aromatic N) is 5. The third-order valence-electron chi connectivity index (χ3n) is 4.24. The highest BCUT2D eigenvalue weighted by Crippen LogP contribution is 2.26. The number of nitrogens with one attached hydrogen (secondary N) is 2. The van der Waals surface area contributed by atoms with Gasteiger partial charge in [-0.25, -0.2) is 4.79 Å². The normalized spacial score (nSPS) is 12.0. The van der Waals surface area contributed by atoms with Crippen LogP contribution in [0.1, 0.15) is 17.6 Å². The predicted molar refractivity (Wildman–Crippen MR) is 103 cm³/mol. The molecule has 2 N–H and O–H groups in total. The number of ether oxygens (including phenoxy) is 1. The number of methoxy groups -OCH3 is 1. The van der Waals surface area contributed by atoms with Crippen LogP contribution in [0.25, 0.3) is 5.69 Å². The van der Waals surface area contributed by atoms with E-state index < -0.39 is 0 Å². The molecule has 10 heteroatoms. The summed E-state index contributed by atoms with van der Waals surface area (Å²) in [6.45, 7) is 2.17. The number of tetrazole rings is 1. The van der Waals surface area contributed by atoms with Gasteiger partial charge in [-0.3, -0.25) is 4.90 Å². The Morgan fingerprint density at radius 3 is 2.79 bits per heavy atom. The number of hydrogen-bond donors (Lipinski definition) is 2. The van der Waals surface area contributed by atoms with Gasteiger partial charge in [-0.2, -0.15) is 4.68 Å². The number of urea groups is 1. The third kappa shape index (κ3) is 4.29. The topological polar surface area (TPSA) is 110 Å². The minimum Gasteiger partial charge on any atom is -0.494 e. The van der Waals surface area contributed by atoms with Crippen LogP contribution in [0.2, 0.25) is 0 Å². The molecule has 2 amide bonds. The lowest BCUT2D eigenvalue weighted by Gasteiger charge is -2.22. The second kappa shape index (κ2) is 8.53. The van der Waals surface area contributed by atoms with Gasteiger partial charge in [0.25, 0.3) is 0 Å². The van der Waals surface area contributed by atoms with Gasteiger partial charge < -0.3 is 19.8 Å². The van der Waals surface area contributed by atoms with Crippen molar-refractivity contribution < 1.29 is 13.9 Å². The van der Waals surface area contributed by atoms with Crippen molar-refractivity contribution in [1.82, 2.24) is 30.4 Å². The van der Waals surface area contributed by atoms with Crippen molar-refractivity contribution in [2.45, 2.75) is 13.0 Å². The average molecular weight is 385 g/mol. The number of carbonyl (C=O) groups is 1. The summed E-state index contributed by atoms with van der Waals surface area (Å²) in [6.07, 6.45) is 1.62. The molecule has 0 fully saturated rings. The van der Waals surface area contributed by atoms with Crippen molar-refractivity contribution in [2.24, 2.45) is 0 Å². The molecule has 0 radical (unpaired) electrons. The van der Waals surface area contributed by atoms with E-state index in [9.17, 15) is 4.79 Å². The Bertz CT molecular complexity index is 921. The SMILES string of the molecule is COc1ccc(NC(=O)NCC(c2ccco2)N(C)C)cc1-n1nnnc1C. The van der Waals surface area contributed by atoms with Crippen molar-refractivity contribution in [3.05, 3.63) is 48.2 Å². The van der Waals surface area contributed by atoms with Gasteiger partial charge in [0.15, 0.2) is 5.82 Å². The van der Waals surface area contributed by atoms with Crippen LogP contribution in [0, 0.1) is 6.92 Å². The summed E-state index contributed by atoms with van der Waals surface area (Å²) in [7, 11) is 5.42. The molecule has 28 heavy (non-hydrogen) atoms. The lowest BCUT2D eigenvalue weighted by molar-refractivity contribution is 0.233. The second-order valence-corrected chi connectivity index (χ2v) is 6.35. The zero-order valence-electron chi connectivity index (χ0n) is 16.2. The number of hydrogen-bond acceptors (Lipinski definition) is 7. The molecule has 3 aromatic rings. The summed E-state index contributed by atoms with van der Waals surface area (Å²) in [5.41, 5.74) is 1.21. The number of benzene rings is 1. The van der Waals surface area contributed by atoms with Gasteiger partial charge in [0.2, 0.25) is 0 Å². The number of aryl methyl sites for hydroxylation is 1. The van der Waals surface area contributed by atoms with Crippen molar-refractivity contribution in [3.63, 3.8) is 0 Å². The lowest BCUT2D eigenvalue weighted by atomic mass is 10.2. The highest BCUT2D eigenvalue weighted by Gasteiger charge is 2.18. The van der Waals surface area contributed by atoms with Crippen LogP contribution in [0.3, 0.4) is 0 Å². The molecule has 148 valence electrons. The maximum Gasteiger partial charge on any atom is 0.319 e. The highest BCUT2D eigenvalue weighted by atomic mass is 16.5. The molecule has 0 aliphatic heterocycles. The average Bonchev–Trinajstić information content (AvgIpc) is 3.33. The fourth-order valence-corrected chi connectivity index (χ4v) is 2.77. The van der Waals surface area contributed by atoms with E-state index in [-0.39, 0.29) is 12.1 Å². The summed E-state index contributed by atoms with van der Waals surface area (Å²) < 4.78 is 12.4. The predicted octanol–water partition coefficient (Wildman–Crippen LogP) is 2.00. The highest BCUT2D eigenvalue weighted by molar-refractivity contribution is 5.89. The van der Waals surface area contributed by atoms with E-state index in [1.807, 2.05) is 31.1 Å². The molecule has 0 aliphatic rings. The molecule has 1 aromatic carbocycles. The number of likely N-dealkylation sites (N-methyl/N-ethyl adjacent to an activating group) is 1. The van der Waals surface area contributed by atoms with Gasteiger partial charge in [-0.05, 0) is 61.8 Å². The van der Waals surface area contributed by atoms with Crippen LogP contribution in [-0.2, 0) is 0 Å². The van der Waals surface area contributed by atoms with Crippen molar-refractivity contribution >= 4 is 11.7 Å². The Hall–Kier alpha value is -3.40. The van der Waals surface area contributed by atoms with E-state index in [4.69, 9.17) is 9.15 Å². The number of rotatable bonds is 7. The van der Waals surface area contributed by atoms with E-state index >= 15 is 0 Å². The molecule has 1 unspecified atom stereocenters. The third-order valence-corrected chi connectivity index (χ3v) is 4.24. The summed E-state index contributed by atoms with van der Waals surface area (Å²) in [5, 5.41) is 17.2. The molecular formula is C18H23N7O3. The van der Waals surface area contributed by atoms with Gasteiger partial charge in [0, 0.05) is 12.2 Å². The molecule has 3 rings (SSSR count). The summed E-state index contributed by atoms with van der Waals surface area (Å²) >= 11 is 0. The number of amides is 2. The van der Waals surface area contributed by atoms with Gasteiger partial charge in [0.05, 0.1) is 19.4 Å². The molecule has 1 atom stereocenters. The number of anilines is 1. The minimum atomic E-state index is -0.331. The lowest BCUT2D eigenvalue weighted by Crippen LogP contribution is -2.36. The first kappa shape index (κ1) is 19.4. The minimum absolute atomic E-state index is 0.0731. The Balaban J connectivity index is 1.69. The zero-order chi connectivity index (χ0) is 20.1. The maximum absolute atomic E-state index is 12.4. The van der Waals surface area contributed by atoms with E-state index in [0.29, 0.717) is 29.5 Å². The molecule has 0 saturated carbocycles. The van der Waals surface area contributed by atoms with Gasteiger partial charge in [-0.1, -0.05) is 0 Å². The molecular weight excluding hydrogens is 362 g/mol. The molecule has 0 saturated heterocycles. The number of carbonyl (C=O) groups excluding carboxylic acids is 1. The summed E-state index contributed by atoms with van der Waals surface area (Å²) in [5.74, 6) is 1.98. The van der Waals surface area contributed by atoms with Crippen LogP contribution in [-0.4, -0.2) is 58.9 Å². The van der Waals surface area contributed by atoms with Gasteiger partial charge in [0.1, 0.15) is 17.2 Å². The molecule has 2 heterocycles. The summed E-state index contributed by atoms with van der Waals surface area (Å²) in [6, 6.07) is 8.55. The monoisotopic (exact) mass is 385 g/mol. The fourth-order valence-electron chi connectivity index (χ4n) is 2.77. The Kier molecular flexibility index (Phi) is 5.90. The number of furan rings is 1. The quantitative estimate of drug-likeness (QED) is 0.640. The van der Waals surface area contributed by atoms with Crippen molar-refractivity contribution in [3.8, 4) is 11.4 Å². The van der Waals surface area contributed by atoms with Gasteiger partial charge in [-0.15, -0.1) is 5.10 Å². The number of aromatic nitrogens is 4. The summed E-state index contributed by atoms with van der Waals surface area (Å²) in [4.78, 5) is 14.4. The second-order valence-electron chi connectivity index (χ2n) is 6.35. The van der Waals surface area contributed by atoms with Crippen molar-refractivity contribution in [2.75, 3.05) is 33.1 Å². The van der Waals surface area contributed by atoms with E-state index in [2.05, 4.69) is 26.2 Å². The zero-order valence-corrected chi connectivity index (χ0v) is 16.2. The Morgan fingerprint density at radius 2 is 2.18 bits per heavy atom.